The first kappa shape index (κ1) is 26.8. The Morgan fingerprint density at radius 3 is 2.51 bits per heavy atom. The number of nitrogens with zero attached hydrogens (tertiary/aromatic N) is 2. The fraction of sp³-hybridized carbons (Fsp3) is 0.240. The first-order valence-corrected chi connectivity index (χ1v) is 14.0. The van der Waals surface area contributed by atoms with E-state index in [9.17, 15) is 23.3 Å². The van der Waals surface area contributed by atoms with E-state index < -0.39 is 25.7 Å². The van der Waals surface area contributed by atoms with E-state index in [1.54, 1.807) is 36.4 Å². The highest BCUT2D eigenvalue weighted by Crippen LogP contribution is 2.30. The number of carbonyl (C=O) groups is 1. The van der Waals surface area contributed by atoms with Gasteiger partial charge >= 0.3 is 0 Å². The Hall–Kier alpha value is -3.23. The number of amides is 1. The maximum Gasteiger partial charge on any atom is 0.293 e. The topological polar surface area (TPSA) is 131 Å². The molecule has 0 saturated carbocycles. The van der Waals surface area contributed by atoms with Crippen LogP contribution in [0.5, 0.6) is 11.5 Å². The third-order valence-electron chi connectivity index (χ3n) is 5.94. The Labute approximate surface area is 228 Å². The highest BCUT2D eigenvalue weighted by Gasteiger charge is 2.26. The van der Waals surface area contributed by atoms with Gasteiger partial charge in [0.1, 0.15) is 17.2 Å². The third kappa shape index (κ3) is 6.76. The summed E-state index contributed by atoms with van der Waals surface area (Å²) in [5.74, 6) is -0.267. The van der Waals surface area contributed by atoms with Crippen molar-refractivity contribution < 1.29 is 22.9 Å². The molecule has 1 fully saturated rings. The number of rotatable bonds is 8. The molecule has 3 aromatic carbocycles. The van der Waals surface area contributed by atoms with Crippen molar-refractivity contribution in [2.24, 2.45) is 0 Å². The minimum atomic E-state index is -4.41. The number of hydrogen-bond donors (Lipinski definition) is 2. The van der Waals surface area contributed by atoms with Crippen molar-refractivity contribution in [3.63, 3.8) is 0 Å². The number of hydrogen-bond acceptors (Lipinski definition) is 8. The molecule has 1 heterocycles. The number of halogens is 1. The van der Waals surface area contributed by atoms with Gasteiger partial charge in [0, 0.05) is 15.7 Å². The number of nitro benzene ring substituents is 1. The van der Waals surface area contributed by atoms with Crippen LogP contribution in [-0.4, -0.2) is 50.3 Å². The van der Waals surface area contributed by atoms with Crippen LogP contribution in [0, 0.1) is 13.7 Å². The Bertz CT molecular complexity index is 1420. The van der Waals surface area contributed by atoms with Crippen LogP contribution in [0.2, 0.25) is 0 Å². The van der Waals surface area contributed by atoms with Crippen molar-refractivity contribution in [1.29, 1.82) is 0 Å². The van der Waals surface area contributed by atoms with Crippen molar-refractivity contribution in [2.45, 2.75) is 23.8 Å². The lowest BCUT2D eigenvalue weighted by molar-refractivity contribution is -0.384. The molecule has 1 aliphatic heterocycles. The van der Waals surface area contributed by atoms with Gasteiger partial charge in [0.25, 0.3) is 21.6 Å². The van der Waals surface area contributed by atoms with E-state index >= 15 is 0 Å². The zero-order valence-electron chi connectivity index (χ0n) is 19.9. The van der Waals surface area contributed by atoms with Crippen molar-refractivity contribution >= 4 is 49.9 Å². The Kier molecular flexibility index (Phi) is 8.29. The predicted molar refractivity (Wildman–Crippen MR) is 148 cm³/mol. The number of benzene rings is 3. The van der Waals surface area contributed by atoms with Crippen molar-refractivity contribution in [2.75, 3.05) is 25.5 Å². The van der Waals surface area contributed by atoms with E-state index in [1.807, 2.05) is 17.8 Å². The number of sulfonamides is 1. The zero-order valence-corrected chi connectivity index (χ0v) is 22.9. The van der Waals surface area contributed by atoms with Crippen LogP contribution in [0.4, 0.5) is 11.4 Å². The molecule has 10 nitrogen and oxygen atoms in total. The molecule has 0 aliphatic carbocycles. The number of nitrogens with one attached hydrogen (secondary N) is 2. The highest BCUT2D eigenvalue weighted by atomic mass is 127. The van der Waals surface area contributed by atoms with Gasteiger partial charge in [-0.2, -0.15) is 0 Å². The number of piperidine rings is 1. The smallest absolute Gasteiger partial charge is 0.293 e. The highest BCUT2D eigenvalue weighted by molar-refractivity contribution is 14.1. The summed E-state index contributed by atoms with van der Waals surface area (Å²) in [5, 5.41) is 14.9. The molecule has 4 rings (SSSR count). The minimum Gasteiger partial charge on any atom is -0.456 e. The van der Waals surface area contributed by atoms with Crippen LogP contribution in [0.15, 0.2) is 71.6 Å². The molecule has 2 N–H and O–H groups in total. The Morgan fingerprint density at radius 1 is 1.08 bits per heavy atom. The maximum atomic E-state index is 13.0. The first-order chi connectivity index (χ1) is 17.6. The summed E-state index contributed by atoms with van der Waals surface area (Å²) in [4.78, 5) is 25.9. The lowest BCUT2D eigenvalue weighted by atomic mass is 10.1. The molecule has 1 aliphatic rings. The normalized spacial score (nSPS) is 14.6. The first-order valence-electron chi connectivity index (χ1n) is 11.5. The molecule has 0 spiro atoms. The number of ether oxygens (including phenoxy) is 1. The molecule has 0 unspecified atom stereocenters. The number of nitro groups is 1. The summed E-state index contributed by atoms with van der Waals surface area (Å²) < 4.78 is 34.8. The predicted octanol–water partition coefficient (Wildman–Crippen LogP) is 4.62. The van der Waals surface area contributed by atoms with Crippen LogP contribution in [0.3, 0.4) is 0 Å². The molecule has 194 valence electrons. The number of anilines is 1. The molecule has 1 saturated heterocycles. The molecule has 0 aromatic heterocycles. The van der Waals surface area contributed by atoms with Crippen molar-refractivity contribution in [3.8, 4) is 11.5 Å². The fourth-order valence-corrected chi connectivity index (χ4v) is 5.46. The fourth-order valence-electron chi connectivity index (χ4n) is 3.96. The summed E-state index contributed by atoms with van der Waals surface area (Å²) in [7, 11) is -2.40. The lowest BCUT2D eigenvalue weighted by Gasteiger charge is -2.30. The summed E-state index contributed by atoms with van der Waals surface area (Å²) in [6.45, 7) is 1.72. The van der Waals surface area contributed by atoms with Crippen LogP contribution in [-0.2, 0) is 10.0 Å². The molecule has 12 heteroatoms. The molecule has 3 aromatic rings. The van der Waals surface area contributed by atoms with E-state index in [1.165, 1.54) is 18.2 Å². The summed E-state index contributed by atoms with van der Waals surface area (Å²) in [5.41, 5.74) is -0.141. The summed E-state index contributed by atoms with van der Waals surface area (Å²) in [6.07, 6.45) is 1.63. The van der Waals surface area contributed by atoms with Gasteiger partial charge in [-0.3, -0.25) is 14.9 Å². The van der Waals surface area contributed by atoms with Crippen LogP contribution in [0.1, 0.15) is 23.2 Å². The van der Waals surface area contributed by atoms with E-state index in [0.29, 0.717) is 5.75 Å². The van der Waals surface area contributed by atoms with Crippen LogP contribution in [0.25, 0.3) is 0 Å². The van der Waals surface area contributed by atoms with Gasteiger partial charge in [-0.1, -0.05) is 18.2 Å². The largest absolute Gasteiger partial charge is 0.456 e. The summed E-state index contributed by atoms with van der Waals surface area (Å²) in [6, 6.07) is 17.0. The van der Waals surface area contributed by atoms with E-state index in [0.717, 1.165) is 35.6 Å². The Morgan fingerprint density at radius 2 is 1.81 bits per heavy atom. The molecule has 0 bridgehead atoms. The molecule has 1 amide bonds. The van der Waals surface area contributed by atoms with Gasteiger partial charge in [-0.15, -0.1) is 0 Å². The quantitative estimate of drug-likeness (QED) is 0.208. The second-order valence-electron chi connectivity index (χ2n) is 8.65. The van der Waals surface area contributed by atoms with Crippen molar-refractivity contribution in [1.82, 2.24) is 9.62 Å². The average molecular weight is 636 g/mol. The number of carbonyl (C=O) groups excluding carboxylic acids is 1. The van der Waals surface area contributed by atoms with Gasteiger partial charge in [-0.25, -0.2) is 13.1 Å². The summed E-state index contributed by atoms with van der Waals surface area (Å²) >= 11 is 2.13. The average Bonchev–Trinajstić information content (AvgIpc) is 2.85. The molecule has 37 heavy (non-hydrogen) atoms. The standard InChI is InChI=1S/C25H25IN4O6S/c1-29-13-11-18(12-14-29)27-22-10-9-20(16-23(22)30(32)33)37(34,35)28-25(31)21-7-2-3-8-24(21)36-19-6-4-5-17(26)15-19/h2-10,15-16,18,27H,11-14H2,1H3,(H,28,31). The van der Waals surface area contributed by atoms with Crippen molar-refractivity contribution in [3.05, 3.63) is 86.0 Å². The molecular formula is C25H25IN4O6S. The van der Waals surface area contributed by atoms with Gasteiger partial charge in [0.15, 0.2) is 0 Å². The maximum absolute atomic E-state index is 13.0. The zero-order chi connectivity index (χ0) is 26.6. The van der Waals surface area contributed by atoms with E-state index in [-0.39, 0.29) is 28.7 Å². The van der Waals surface area contributed by atoms with Gasteiger partial charge in [-0.05, 0) is 98.0 Å². The monoisotopic (exact) mass is 636 g/mol. The lowest BCUT2D eigenvalue weighted by Crippen LogP contribution is -2.36. The second-order valence-corrected chi connectivity index (χ2v) is 11.6. The van der Waals surface area contributed by atoms with E-state index in [2.05, 4.69) is 32.8 Å². The SMILES string of the molecule is CN1CCC(Nc2ccc(S(=O)(=O)NC(=O)c3ccccc3Oc3cccc(I)c3)cc2[N+](=O)[O-])CC1. The second kappa shape index (κ2) is 11.4. The van der Waals surface area contributed by atoms with Gasteiger partial charge in [0.05, 0.1) is 15.4 Å². The third-order valence-corrected chi connectivity index (χ3v) is 7.94. The van der Waals surface area contributed by atoms with Crippen LogP contribution >= 0.6 is 22.6 Å². The molecular weight excluding hydrogens is 611 g/mol. The number of para-hydroxylation sites is 1. The molecule has 0 radical (unpaired) electrons. The Balaban J connectivity index is 1.54. The van der Waals surface area contributed by atoms with Crippen LogP contribution < -0.4 is 14.8 Å². The minimum absolute atomic E-state index is 0.00000996. The van der Waals surface area contributed by atoms with Gasteiger partial charge in [0.2, 0.25) is 0 Å². The van der Waals surface area contributed by atoms with E-state index in [4.69, 9.17) is 4.74 Å². The molecule has 0 atom stereocenters. The number of likely N-dealkylation sites (tertiary alicyclic amines) is 1. The van der Waals surface area contributed by atoms with Gasteiger partial charge < -0.3 is 15.0 Å².